The molecule has 1 rings (SSSR count). The fourth-order valence-corrected chi connectivity index (χ4v) is 2.72. The molecule has 0 aromatic rings. The Labute approximate surface area is 106 Å². The minimum absolute atomic E-state index is 0.365. The van der Waals surface area contributed by atoms with Crippen molar-refractivity contribution in [2.75, 3.05) is 26.7 Å². The Hall–Kier alpha value is -0.570. The maximum Gasteiger partial charge on any atom is 0.222 e. The SMILES string of the molecule is CCC(CC(=O)N1CCC(CNC)C1)C(C)C. The standard InChI is InChI=1S/C14H28N2O/c1-5-13(11(2)3)8-14(17)16-7-6-12(10-16)9-15-4/h11-13,15H,5-10H2,1-4H3. The van der Waals surface area contributed by atoms with Crippen LogP contribution in [-0.4, -0.2) is 37.5 Å². The van der Waals surface area contributed by atoms with Crippen molar-refractivity contribution in [2.45, 2.75) is 40.0 Å². The summed E-state index contributed by atoms with van der Waals surface area (Å²) in [5.41, 5.74) is 0. The van der Waals surface area contributed by atoms with Crippen molar-refractivity contribution in [3.05, 3.63) is 0 Å². The van der Waals surface area contributed by atoms with E-state index in [9.17, 15) is 4.79 Å². The topological polar surface area (TPSA) is 32.3 Å². The summed E-state index contributed by atoms with van der Waals surface area (Å²) in [5, 5.41) is 3.20. The van der Waals surface area contributed by atoms with E-state index >= 15 is 0 Å². The molecule has 1 saturated heterocycles. The first-order chi connectivity index (χ1) is 8.08. The maximum atomic E-state index is 12.2. The normalized spacial score (nSPS) is 22.2. The molecule has 0 aromatic carbocycles. The summed E-state index contributed by atoms with van der Waals surface area (Å²) in [7, 11) is 1.98. The fraction of sp³-hybridized carbons (Fsp3) is 0.929. The molecule has 3 nitrogen and oxygen atoms in total. The summed E-state index contributed by atoms with van der Waals surface area (Å²) in [6.45, 7) is 9.56. The van der Waals surface area contributed by atoms with E-state index in [1.807, 2.05) is 7.05 Å². The average molecular weight is 240 g/mol. The Balaban J connectivity index is 2.38. The molecule has 1 aliphatic rings. The lowest BCUT2D eigenvalue weighted by atomic mass is 9.90. The number of likely N-dealkylation sites (tertiary alicyclic amines) is 1. The summed E-state index contributed by atoms with van der Waals surface area (Å²) >= 11 is 0. The van der Waals surface area contributed by atoms with Gasteiger partial charge in [0.2, 0.25) is 5.91 Å². The van der Waals surface area contributed by atoms with E-state index in [0.29, 0.717) is 23.7 Å². The van der Waals surface area contributed by atoms with Gasteiger partial charge in [0.25, 0.3) is 0 Å². The van der Waals surface area contributed by atoms with Gasteiger partial charge in [0.15, 0.2) is 0 Å². The van der Waals surface area contributed by atoms with E-state index in [-0.39, 0.29) is 0 Å². The molecule has 1 amide bonds. The fourth-order valence-electron chi connectivity index (χ4n) is 2.72. The third-order valence-electron chi connectivity index (χ3n) is 4.04. The second-order valence-corrected chi connectivity index (χ2v) is 5.67. The van der Waals surface area contributed by atoms with E-state index < -0.39 is 0 Å². The lowest BCUT2D eigenvalue weighted by Crippen LogP contribution is -2.32. The van der Waals surface area contributed by atoms with Gasteiger partial charge in [-0.05, 0) is 37.8 Å². The van der Waals surface area contributed by atoms with Gasteiger partial charge in [0, 0.05) is 19.5 Å². The van der Waals surface area contributed by atoms with Crippen molar-refractivity contribution in [3.63, 3.8) is 0 Å². The highest BCUT2D eigenvalue weighted by molar-refractivity contribution is 5.76. The van der Waals surface area contributed by atoms with Crippen molar-refractivity contribution in [1.82, 2.24) is 10.2 Å². The molecule has 2 unspecified atom stereocenters. The van der Waals surface area contributed by atoms with E-state index in [4.69, 9.17) is 0 Å². The van der Waals surface area contributed by atoms with E-state index in [2.05, 4.69) is 31.0 Å². The summed E-state index contributed by atoms with van der Waals surface area (Å²) < 4.78 is 0. The molecule has 1 heterocycles. The Bertz CT molecular complexity index is 240. The summed E-state index contributed by atoms with van der Waals surface area (Å²) in [6, 6.07) is 0. The third-order valence-corrected chi connectivity index (χ3v) is 4.04. The van der Waals surface area contributed by atoms with Crippen molar-refractivity contribution < 1.29 is 4.79 Å². The lowest BCUT2D eigenvalue weighted by Gasteiger charge is -2.23. The van der Waals surface area contributed by atoms with E-state index in [0.717, 1.165) is 38.9 Å². The van der Waals surface area contributed by atoms with Crippen LogP contribution in [0.3, 0.4) is 0 Å². The molecule has 1 fully saturated rings. The van der Waals surface area contributed by atoms with Crippen LogP contribution in [-0.2, 0) is 4.79 Å². The number of carbonyl (C=O) groups is 1. The zero-order valence-corrected chi connectivity index (χ0v) is 11.8. The Kier molecular flexibility index (Phi) is 5.96. The highest BCUT2D eigenvalue weighted by atomic mass is 16.2. The zero-order valence-electron chi connectivity index (χ0n) is 11.8. The van der Waals surface area contributed by atoms with Gasteiger partial charge < -0.3 is 10.2 Å². The number of hydrogen-bond acceptors (Lipinski definition) is 2. The predicted molar refractivity (Wildman–Crippen MR) is 71.8 cm³/mol. The first kappa shape index (κ1) is 14.5. The number of rotatable bonds is 6. The number of nitrogens with one attached hydrogen (secondary N) is 1. The number of amides is 1. The second kappa shape index (κ2) is 7.00. The van der Waals surface area contributed by atoms with Gasteiger partial charge in [0.05, 0.1) is 0 Å². The monoisotopic (exact) mass is 240 g/mol. The highest BCUT2D eigenvalue weighted by Gasteiger charge is 2.27. The van der Waals surface area contributed by atoms with Crippen LogP contribution in [0.5, 0.6) is 0 Å². The van der Waals surface area contributed by atoms with Crippen LogP contribution in [0.15, 0.2) is 0 Å². The average Bonchev–Trinajstić information content (AvgIpc) is 2.74. The lowest BCUT2D eigenvalue weighted by molar-refractivity contribution is -0.131. The van der Waals surface area contributed by atoms with Gasteiger partial charge in [0.1, 0.15) is 0 Å². The molecule has 0 aliphatic carbocycles. The maximum absolute atomic E-state index is 12.2. The third kappa shape index (κ3) is 4.30. The van der Waals surface area contributed by atoms with Crippen LogP contribution in [0, 0.1) is 17.8 Å². The van der Waals surface area contributed by atoms with Crippen LogP contribution >= 0.6 is 0 Å². The van der Waals surface area contributed by atoms with Gasteiger partial charge in [-0.2, -0.15) is 0 Å². The largest absolute Gasteiger partial charge is 0.342 e. The molecular weight excluding hydrogens is 212 g/mol. The summed E-state index contributed by atoms with van der Waals surface area (Å²) in [5.74, 6) is 2.18. The van der Waals surface area contributed by atoms with Crippen LogP contribution < -0.4 is 5.32 Å². The van der Waals surface area contributed by atoms with Gasteiger partial charge in [-0.15, -0.1) is 0 Å². The molecule has 0 radical (unpaired) electrons. The Morgan fingerprint density at radius 1 is 1.47 bits per heavy atom. The first-order valence-electron chi connectivity index (χ1n) is 7.00. The van der Waals surface area contributed by atoms with Gasteiger partial charge in [-0.1, -0.05) is 27.2 Å². The molecule has 0 bridgehead atoms. The summed E-state index contributed by atoms with van der Waals surface area (Å²) in [6.07, 6.45) is 3.00. The number of nitrogens with zero attached hydrogens (tertiary/aromatic N) is 1. The molecule has 1 aliphatic heterocycles. The molecule has 0 saturated carbocycles. The minimum Gasteiger partial charge on any atom is -0.342 e. The molecule has 17 heavy (non-hydrogen) atoms. The molecule has 100 valence electrons. The smallest absolute Gasteiger partial charge is 0.222 e. The molecular formula is C14H28N2O. The van der Waals surface area contributed by atoms with Crippen molar-refractivity contribution in [1.29, 1.82) is 0 Å². The van der Waals surface area contributed by atoms with Crippen LogP contribution in [0.25, 0.3) is 0 Å². The Morgan fingerprint density at radius 3 is 2.71 bits per heavy atom. The molecule has 0 aromatic heterocycles. The quantitative estimate of drug-likeness (QED) is 0.771. The predicted octanol–water partition coefficient (Wildman–Crippen LogP) is 2.13. The Morgan fingerprint density at radius 2 is 2.18 bits per heavy atom. The second-order valence-electron chi connectivity index (χ2n) is 5.67. The van der Waals surface area contributed by atoms with Crippen molar-refractivity contribution >= 4 is 5.91 Å². The van der Waals surface area contributed by atoms with E-state index in [1.54, 1.807) is 0 Å². The first-order valence-corrected chi connectivity index (χ1v) is 7.00. The van der Waals surface area contributed by atoms with Gasteiger partial charge in [-0.25, -0.2) is 0 Å². The number of hydrogen-bond donors (Lipinski definition) is 1. The van der Waals surface area contributed by atoms with Crippen LogP contribution in [0.1, 0.15) is 40.0 Å². The molecule has 0 spiro atoms. The molecule has 3 heteroatoms. The van der Waals surface area contributed by atoms with Crippen LogP contribution in [0.2, 0.25) is 0 Å². The minimum atomic E-state index is 0.365. The van der Waals surface area contributed by atoms with Crippen molar-refractivity contribution in [3.8, 4) is 0 Å². The van der Waals surface area contributed by atoms with Gasteiger partial charge in [-0.3, -0.25) is 4.79 Å². The highest BCUT2D eigenvalue weighted by Crippen LogP contribution is 2.22. The van der Waals surface area contributed by atoms with Crippen molar-refractivity contribution in [2.24, 2.45) is 17.8 Å². The van der Waals surface area contributed by atoms with Crippen LogP contribution in [0.4, 0.5) is 0 Å². The van der Waals surface area contributed by atoms with Gasteiger partial charge >= 0.3 is 0 Å². The summed E-state index contributed by atoms with van der Waals surface area (Å²) in [4.78, 5) is 14.2. The number of carbonyl (C=O) groups excluding carboxylic acids is 1. The zero-order chi connectivity index (χ0) is 12.8. The molecule has 2 atom stereocenters. The molecule has 1 N–H and O–H groups in total. The van der Waals surface area contributed by atoms with E-state index in [1.165, 1.54) is 0 Å².